The summed E-state index contributed by atoms with van der Waals surface area (Å²) in [6.07, 6.45) is 5.78. The first kappa shape index (κ1) is 20.5. The minimum atomic E-state index is -0.953. The first-order valence-electron chi connectivity index (χ1n) is 11.7. The van der Waals surface area contributed by atoms with Crippen LogP contribution in [0.2, 0.25) is 0 Å². The number of piperidine rings is 1. The first-order chi connectivity index (χ1) is 15.1. The minimum absolute atomic E-state index is 0.161. The smallest absolute Gasteiger partial charge is 0.405 e. The van der Waals surface area contributed by atoms with Crippen LogP contribution in [0.3, 0.4) is 0 Å². The van der Waals surface area contributed by atoms with Crippen molar-refractivity contribution in [1.82, 2.24) is 25.1 Å². The molecule has 3 aliphatic heterocycles. The van der Waals surface area contributed by atoms with Crippen molar-refractivity contribution in [1.29, 1.82) is 0 Å². The quantitative estimate of drug-likeness (QED) is 0.663. The summed E-state index contributed by atoms with van der Waals surface area (Å²) in [7, 11) is 0. The Kier molecular flexibility index (Phi) is 5.71. The van der Waals surface area contributed by atoms with Gasteiger partial charge in [0.1, 0.15) is 5.82 Å². The number of amides is 1. The molecule has 166 valence electrons. The van der Waals surface area contributed by atoms with Crippen LogP contribution in [0, 0.1) is 6.92 Å². The Hall–Kier alpha value is -2.38. The van der Waals surface area contributed by atoms with Crippen molar-refractivity contribution in [2.24, 2.45) is 0 Å². The molecule has 1 aromatic heterocycles. The third-order valence-corrected chi connectivity index (χ3v) is 7.50. The highest BCUT2D eigenvalue weighted by atomic mass is 16.4. The number of aromatic nitrogens is 2. The van der Waals surface area contributed by atoms with Crippen molar-refractivity contribution < 1.29 is 9.90 Å². The standard InChI is InChI=1S/C24H33N5O2/c1-16-26-22-15-25-11-9-23(22)29(16)20-13-18-7-8-19(14-20)28(18)12-10-21(27-24(30)31)17-5-3-2-4-6-17/h2-6,18-21,25,27H,7-15H2,1H3,(H,30,31)/t18-,19+,20?,21-/m0/s1. The van der Waals surface area contributed by atoms with Crippen LogP contribution in [0.25, 0.3) is 0 Å². The predicted octanol–water partition coefficient (Wildman–Crippen LogP) is 3.40. The Bertz CT molecular complexity index is 914. The molecule has 4 atom stereocenters. The molecule has 1 amide bonds. The third kappa shape index (κ3) is 4.08. The summed E-state index contributed by atoms with van der Waals surface area (Å²) in [5, 5.41) is 15.5. The first-order valence-corrected chi connectivity index (χ1v) is 11.7. The lowest BCUT2D eigenvalue weighted by molar-refractivity contribution is 0.0997. The highest BCUT2D eigenvalue weighted by Gasteiger charge is 2.42. The molecule has 5 rings (SSSR count). The average Bonchev–Trinajstić information content (AvgIpc) is 3.22. The van der Waals surface area contributed by atoms with Gasteiger partial charge in [0, 0.05) is 49.9 Å². The third-order valence-electron chi connectivity index (χ3n) is 7.50. The van der Waals surface area contributed by atoms with Gasteiger partial charge in [0.2, 0.25) is 0 Å². The topological polar surface area (TPSA) is 82.4 Å². The van der Waals surface area contributed by atoms with E-state index < -0.39 is 6.09 Å². The molecular formula is C24H33N5O2. The Balaban J connectivity index is 1.27. The maximum absolute atomic E-state index is 11.4. The van der Waals surface area contributed by atoms with Crippen molar-refractivity contribution >= 4 is 6.09 Å². The van der Waals surface area contributed by atoms with Crippen LogP contribution < -0.4 is 10.6 Å². The normalized spacial score (nSPS) is 26.4. The number of benzene rings is 1. The Morgan fingerprint density at radius 1 is 1.23 bits per heavy atom. The van der Waals surface area contributed by atoms with E-state index in [0.717, 1.165) is 38.0 Å². The Morgan fingerprint density at radius 2 is 1.97 bits per heavy atom. The molecule has 0 radical (unpaired) electrons. The lowest BCUT2D eigenvalue weighted by Gasteiger charge is -2.41. The predicted molar refractivity (Wildman–Crippen MR) is 119 cm³/mol. The zero-order chi connectivity index (χ0) is 21.4. The van der Waals surface area contributed by atoms with Gasteiger partial charge in [0.15, 0.2) is 0 Å². The number of fused-ring (bicyclic) bond motifs is 3. The van der Waals surface area contributed by atoms with Crippen LogP contribution in [-0.2, 0) is 13.0 Å². The monoisotopic (exact) mass is 423 g/mol. The molecule has 0 spiro atoms. The van der Waals surface area contributed by atoms with Crippen molar-refractivity contribution in [3.05, 3.63) is 53.1 Å². The van der Waals surface area contributed by atoms with Gasteiger partial charge in [-0.25, -0.2) is 9.78 Å². The fourth-order valence-corrected chi connectivity index (χ4v) is 6.21. The summed E-state index contributed by atoms with van der Waals surface area (Å²) in [4.78, 5) is 18.9. The van der Waals surface area contributed by atoms with Gasteiger partial charge in [-0.05, 0) is 44.6 Å². The lowest BCUT2D eigenvalue weighted by Crippen LogP contribution is -2.45. The van der Waals surface area contributed by atoms with Gasteiger partial charge in [-0.3, -0.25) is 4.90 Å². The molecule has 1 unspecified atom stereocenters. The van der Waals surface area contributed by atoms with Crippen LogP contribution in [0.5, 0.6) is 0 Å². The van der Waals surface area contributed by atoms with Crippen LogP contribution >= 0.6 is 0 Å². The maximum Gasteiger partial charge on any atom is 0.405 e. The highest BCUT2D eigenvalue weighted by molar-refractivity contribution is 5.65. The van der Waals surface area contributed by atoms with Crippen molar-refractivity contribution in [2.45, 2.75) is 76.2 Å². The SMILES string of the molecule is Cc1nc2c(n1C1C[C@H]3CC[C@@H](C1)N3CC[C@H](NC(=O)O)c1ccccc1)CCNC2. The fraction of sp³-hybridized carbons (Fsp3) is 0.583. The maximum atomic E-state index is 11.4. The van der Waals surface area contributed by atoms with Crippen LogP contribution in [0.15, 0.2) is 30.3 Å². The average molecular weight is 424 g/mol. The molecule has 2 fully saturated rings. The number of imidazole rings is 1. The largest absolute Gasteiger partial charge is 0.465 e. The molecule has 0 saturated carbocycles. The second kappa shape index (κ2) is 8.63. The number of aryl methyl sites for hydroxylation is 1. The van der Waals surface area contributed by atoms with Crippen molar-refractivity contribution in [3.63, 3.8) is 0 Å². The number of hydrogen-bond donors (Lipinski definition) is 3. The van der Waals surface area contributed by atoms with E-state index >= 15 is 0 Å². The van der Waals surface area contributed by atoms with E-state index in [1.807, 2.05) is 30.3 Å². The van der Waals surface area contributed by atoms with Crippen LogP contribution in [-0.4, -0.2) is 50.8 Å². The zero-order valence-electron chi connectivity index (χ0n) is 18.3. The Morgan fingerprint density at radius 3 is 2.68 bits per heavy atom. The van der Waals surface area contributed by atoms with Crippen molar-refractivity contribution in [2.75, 3.05) is 13.1 Å². The molecule has 1 aromatic carbocycles. The molecule has 2 aromatic rings. The Labute approximate surface area is 183 Å². The molecule has 3 N–H and O–H groups in total. The number of rotatable bonds is 6. The van der Waals surface area contributed by atoms with E-state index in [0.29, 0.717) is 18.1 Å². The van der Waals surface area contributed by atoms with Gasteiger partial charge >= 0.3 is 6.09 Å². The van der Waals surface area contributed by atoms with Crippen molar-refractivity contribution in [3.8, 4) is 0 Å². The second-order valence-corrected chi connectivity index (χ2v) is 9.30. The molecule has 7 heteroatoms. The van der Waals surface area contributed by atoms with E-state index in [-0.39, 0.29) is 6.04 Å². The number of nitrogens with one attached hydrogen (secondary N) is 2. The molecule has 0 aliphatic carbocycles. The van der Waals surface area contributed by atoms with E-state index in [9.17, 15) is 9.90 Å². The van der Waals surface area contributed by atoms with Gasteiger partial charge < -0.3 is 20.3 Å². The molecule has 3 aliphatic rings. The van der Waals surface area contributed by atoms with E-state index in [4.69, 9.17) is 4.98 Å². The fourth-order valence-electron chi connectivity index (χ4n) is 6.21. The molecule has 2 saturated heterocycles. The zero-order valence-corrected chi connectivity index (χ0v) is 18.3. The summed E-state index contributed by atoms with van der Waals surface area (Å²) >= 11 is 0. The molecular weight excluding hydrogens is 390 g/mol. The molecule has 31 heavy (non-hydrogen) atoms. The summed E-state index contributed by atoms with van der Waals surface area (Å²) in [5.41, 5.74) is 3.73. The lowest BCUT2D eigenvalue weighted by atomic mass is 9.95. The van der Waals surface area contributed by atoms with Gasteiger partial charge in [-0.15, -0.1) is 0 Å². The number of hydrogen-bond acceptors (Lipinski definition) is 4. The minimum Gasteiger partial charge on any atom is -0.465 e. The molecule has 4 heterocycles. The van der Waals surface area contributed by atoms with Gasteiger partial charge in [-0.1, -0.05) is 30.3 Å². The van der Waals surface area contributed by atoms with E-state index in [2.05, 4.69) is 27.0 Å². The van der Waals surface area contributed by atoms with Gasteiger partial charge in [-0.2, -0.15) is 0 Å². The summed E-state index contributed by atoms with van der Waals surface area (Å²) in [5.74, 6) is 1.17. The number of carbonyl (C=O) groups is 1. The van der Waals surface area contributed by atoms with E-state index in [1.54, 1.807) is 0 Å². The van der Waals surface area contributed by atoms with Crippen LogP contribution in [0.1, 0.15) is 67.0 Å². The summed E-state index contributed by atoms with van der Waals surface area (Å²) in [6, 6.07) is 11.5. The second-order valence-electron chi connectivity index (χ2n) is 9.30. The molecule has 2 bridgehead atoms. The molecule has 7 nitrogen and oxygen atoms in total. The summed E-state index contributed by atoms with van der Waals surface area (Å²) < 4.78 is 2.55. The number of nitrogens with zero attached hydrogens (tertiary/aromatic N) is 3. The summed E-state index contributed by atoms with van der Waals surface area (Å²) in [6.45, 7) is 5.04. The highest BCUT2D eigenvalue weighted by Crippen LogP contribution is 2.42. The van der Waals surface area contributed by atoms with Gasteiger partial charge in [0.05, 0.1) is 11.7 Å². The van der Waals surface area contributed by atoms with Crippen LogP contribution in [0.4, 0.5) is 4.79 Å². The van der Waals surface area contributed by atoms with E-state index in [1.165, 1.54) is 42.9 Å². The van der Waals surface area contributed by atoms with Gasteiger partial charge in [0.25, 0.3) is 0 Å². The number of carboxylic acid groups (broad SMARTS) is 1.